The highest BCUT2D eigenvalue weighted by atomic mass is 16.6. The van der Waals surface area contributed by atoms with Gasteiger partial charge >= 0.3 is 0 Å². The average Bonchev–Trinajstić information content (AvgIpc) is 3.00. The summed E-state index contributed by atoms with van der Waals surface area (Å²) in [5, 5.41) is 18.2. The van der Waals surface area contributed by atoms with Gasteiger partial charge in [0.15, 0.2) is 0 Å². The zero-order valence-corrected chi connectivity index (χ0v) is 13.4. The first-order valence-corrected chi connectivity index (χ1v) is 7.54. The number of hydrogen-bond donors (Lipinski definition) is 1. The van der Waals surface area contributed by atoms with Crippen molar-refractivity contribution < 1.29 is 9.72 Å². The third-order valence-corrected chi connectivity index (χ3v) is 3.69. The van der Waals surface area contributed by atoms with Gasteiger partial charge in [-0.3, -0.25) is 19.6 Å². The van der Waals surface area contributed by atoms with Gasteiger partial charge in [-0.25, -0.2) is 0 Å². The molecular weight excluding hydrogens is 296 g/mol. The Morgan fingerprint density at radius 3 is 2.74 bits per heavy atom. The normalized spacial score (nSPS) is 12.0. The van der Waals surface area contributed by atoms with Crippen molar-refractivity contribution in [2.24, 2.45) is 0 Å². The number of aryl methyl sites for hydroxylation is 2. The SMILES string of the molecule is CCC(NC(=O)c1cc(C)ccc1[N+](=O)[O-])c1cnn(CC)c1. The molecule has 1 N–H and O–H groups in total. The molecule has 0 aliphatic rings. The lowest BCUT2D eigenvalue weighted by Crippen LogP contribution is -2.28. The second kappa shape index (κ2) is 7.04. The lowest BCUT2D eigenvalue weighted by atomic mass is 10.1. The number of hydrogen-bond acceptors (Lipinski definition) is 4. The molecule has 0 fully saturated rings. The molecule has 2 rings (SSSR count). The Balaban J connectivity index is 2.26. The van der Waals surface area contributed by atoms with E-state index in [1.807, 2.05) is 20.0 Å². The highest BCUT2D eigenvalue weighted by Crippen LogP contribution is 2.22. The number of nitro benzene ring substituents is 1. The van der Waals surface area contributed by atoms with Crippen LogP contribution in [-0.2, 0) is 6.54 Å². The van der Waals surface area contributed by atoms with Gasteiger partial charge in [-0.2, -0.15) is 5.10 Å². The van der Waals surface area contributed by atoms with E-state index in [9.17, 15) is 14.9 Å². The minimum Gasteiger partial charge on any atom is -0.345 e. The highest BCUT2D eigenvalue weighted by Gasteiger charge is 2.23. The van der Waals surface area contributed by atoms with E-state index < -0.39 is 10.8 Å². The molecule has 0 saturated heterocycles. The summed E-state index contributed by atoms with van der Waals surface area (Å²) in [6.07, 6.45) is 4.25. The summed E-state index contributed by atoms with van der Waals surface area (Å²) in [4.78, 5) is 23.1. The number of rotatable bonds is 6. The number of amides is 1. The first-order chi connectivity index (χ1) is 11.0. The molecule has 23 heavy (non-hydrogen) atoms. The number of carbonyl (C=O) groups is 1. The predicted molar refractivity (Wildman–Crippen MR) is 86.2 cm³/mol. The second-order valence-corrected chi connectivity index (χ2v) is 5.34. The number of aromatic nitrogens is 2. The Kier molecular flexibility index (Phi) is 5.10. The molecule has 2 aromatic rings. The molecule has 1 heterocycles. The van der Waals surface area contributed by atoms with Gasteiger partial charge in [0.25, 0.3) is 11.6 Å². The summed E-state index contributed by atoms with van der Waals surface area (Å²) in [6.45, 7) is 6.46. The lowest BCUT2D eigenvalue weighted by Gasteiger charge is -2.15. The van der Waals surface area contributed by atoms with Crippen molar-refractivity contribution in [2.45, 2.75) is 39.8 Å². The quantitative estimate of drug-likeness (QED) is 0.655. The van der Waals surface area contributed by atoms with Crippen LogP contribution in [0, 0.1) is 17.0 Å². The Hall–Kier alpha value is -2.70. The van der Waals surface area contributed by atoms with Gasteiger partial charge < -0.3 is 5.32 Å². The Morgan fingerprint density at radius 2 is 2.17 bits per heavy atom. The molecule has 0 spiro atoms. The maximum Gasteiger partial charge on any atom is 0.282 e. The second-order valence-electron chi connectivity index (χ2n) is 5.34. The van der Waals surface area contributed by atoms with Crippen LogP contribution < -0.4 is 5.32 Å². The van der Waals surface area contributed by atoms with Crippen LogP contribution in [0.1, 0.15) is 47.8 Å². The van der Waals surface area contributed by atoms with Crippen molar-refractivity contribution in [2.75, 3.05) is 0 Å². The van der Waals surface area contributed by atoms with Crippen LogP contribution >= 0.6 is 0 Å². The molecule has 0 aliphatic carbocycles. The van der Waals surface area contributed by atoms with Crippen molar-refractivity contribution in [3.63, 3.8) is 0 Å². The van der Waals surface area contributed by atoms with E-state index in [2.05, 4.69) is 10.4 Å². The smallest absolute Gasteiger partial charge is 0.282 e. The van der Waals surface area contributed by atoms with Crippen molar-refractivity contribution in [3.8, 4) is 0 Å². The third kappa shape index (κ3) is 3.74. The summed E-state index contributed by atoms with van der Waals surface area (Å²) < 4.78 is 1.78. The van der Waals surface area contributed by atoms with Gasteiger partial charge in [0.1, 0.15) is 5.56 Å². The van der Waals surface area contributed by atoms with E-state index in [0.717, 1.165) is 17.7 Å². The molecule has 0 aliphatic heterocycles. The fourth-order valence-electron chi connectivity index (χ4n) is 2.38. The van der Waals surface area contributed by atoms with Crippen LogP contribution in [-0.4, -0.2) is 20.6 Å². The number of nitrogens with zero attached hydrogens (tertiary/aromatic N) is 3. The molecule has 1 unspecified atom stereocenters. The molecule has 122 valence electrons. The van der Waals surface area contributed by atoms with Gasteiger partial charge in [-0.1, -0.05) is 13.0 Å². The monoisotopic (exact) mass is 316 g/mol. The summed E-state index contributed by atoms with van der Waals surface area (Å²) in [5.74, 6) is -0.448. The molecule has 0 radical (unpaired) electrons. The molecular formula is C16H20N4O3. The van der Waals surface area contributed by atoms with Crippen molar-refractivity contribution >= 4 is 11.6 Å². The first kappa shape index (κ1) is 16.7. The molecule has 1 atom stereocenters. The zero-order chi connectivity index (χ0) is 17.0. The van der Waals surface area contributed by atoms with Crippen LogP contribution in [0.2, 0.25) is 0 Å². The van der Waals surface area contributed by atoms with Gasteiger partial charge in [0, 0.05) is 24.4 Å². The van der Waals surface area contributed by atoms with E-state index in [-0.39, 0.29) is 17.3 Å². The average molecular weight is 316 g/mol. The molecule has 7 heteroatoms. The van der Waals surface area contributed by atoms with Crippen LogP contribution in [0.3, 0.4) is 0 Å². The highest BCUT2D eigenvalue weighted by molar-refractivity contribution is 5.98. The molecule has 7 nitrogen and oxygen atoms in total. The van der Waals surface area contributed by atoms with Crippen LogP contribution in [0.15, 0.2) is 30.6 Å². The summed E-state index contributed by atoms with van der Waals surface area (Å²) >= 11 is 0. The lowest BCUT2D eigenvalue weighted by molar-refractivity contribution is -0.385. The Morgan fingerprint density at radius 1 is 1.43 bits per heavy atom. The molecule has 1 aromatic carbocycles. The maximum absolute atomic E-state index is 12.5. The molecule has 0 bridgehead atoms. The predicted octanol–water partition coefficient (Wildman–Crippen LogP) is 3.00. The number of nitro groups is 1. The summed E-state index contributed by atoms with van der Waals surface area (Å²) in [5.41, 5.74) is 1.58. The van der Waals surface area contributed by atoms with E-state index in [1.165, 1.54) is 12.1 Å². The van der Waals surface area contributed by atoms with E-state index >= 15 is 0 Å². The fraction of sp³-hybridized carbons (Fsp3) is 0.375. The molecule has 1 aromatic heterocycles. The summed E-state index contributed by atoms with van der Waals surface area (Å²) in [6, 6.07) is 4.29. The number of benzene rings is 1. The Labute approximate surface area is 134 Å². The largest absolute Gasteiger partial charge is 0.345 e. The van der Waals surface area contributed by atoms with Gasteiger partial charge in [-0.15, -0.1) is 0 Å². The van der Waals surface area contributed by atoms with Crippen LogP contribution in [0.25, 0.3) is 0 Å². The fourth-order valence-corrected chi connectivity index (χ4v) is 2.38. The number of carbonyl (C=O) groups excluding carboxylic acids is 1. The van der Waals surface area contributed by atoms with Crippen molar-refractivity contribution in [1.82, 2.24) is 15.1 Å². The summed E-state index contributed by atoms with van der Waals surface area (Å²) in [7, 11) is 0. The maximum atomic E-state index is 12.5. The van der Waals surface area contributed by atoms with Crippen molar-refractivity contribution in [3.05, 3.63) is 57.4 Å². The van der Waals surface area contributed by atoms with E-state index in [4.69, 9.17) is 0 Å². The minimum atomic E-state index is -0.537. The van der Waals surface area contributed by atoms with Crippen LogP contribution in [0.4, 0.5) is 5.69 Å². The standard InChI is InChI=1S/C16H20N4O3/c1-4-14(12-9-17-19(5-2)10-12)18-16(21)13-8-11(3)6-7-15(13)20(22)23/h6-10,14H,4-5H2,1-3H3,(H,18,21). The number of nitrogens with one attached hydrogen (secondary N) is 1. The molecule has 0 saturated carbocycles. The van der Waals surface area contributed by atoms with E-state index in [0.29, 0.717) is 6.42 Å². The van der Waals surface area contributed by atoms with E-state index in [1.54, 1.807) is 23.9 Å². The Bertz CT molecular complexity index is 724. The first-order valence-electron chi connectivity index (χ1n) is 7.54. The van der Waals surface area contributed by atoms with Crippen molar-refractivity contribution in [1.29, 1.82) is 0 Å². The zero-order valence-electron chi connectivity index (χ0n) is 13.4. The van der Waals surface area contributed by atoms with Gasteiger partial charge in [-0.05, 0) is 31.9 Å². The minimum absolute atomic E-state index is 0.0799. The van der Waals surface area contributed by atoms with Crippen LogP contribution in [0.5, 0.6) is 0 Å². The molecule has 1 amide bonds. The topological polar surface area (TPSA) is 90.1 Å². The van der Waals surface area contributed by atoms with Gasteiger partial charge in [0.2, 0.25) is 0 Å². The third-order valence-electron chi connectivity index (χ3n) is 3.69. The van der Waals surface area contributed by atoms with Gasteiger partial charge in [0.05, 0.1) is 17.2 Å².